The average Bonchev–Trinajstić information content (AvgIpc) is 3.46. The number of allylic oxidation sites excluding steroid dienone is 10. The highest BCUT2D eigenvalue weighted by Crippen LogP contribution is 2.37. The molecule has 142 valence electrons. The van der Waals surface area contributed by atoms with E-state index in [1.807, 2.05) is 0 Å². The molecule has 0 saturated heterocycles. The molecule has 2 rings (SSSR count). The summed E-state index contributed by atoms with van der Waals surface area (Å²) >= 11 is 0. The maximum absolute atomic E-state index is 4.31. The second-order valence-corrected chi connectivity index (χ2v) is 8.17. The minimum Gasteiger partial charge on any atom is -0.372 e. The molecular weight excluding hydrogens is 314 g/mol. The lowest BCUT2D eigenvalue weighted by Crippen LogP contribution is -2.27. The van der Waals surface area contributed by atoms with E-state index in [2.05, 4.69) is 90.4 Å². The van der Waals surface area contributed by atoms with Crippen LogP contribution in [0.5, 0.6) is 0 Å². The van der Waals surface area contributed by atoms with Crippen molar-refractivity contribution in [3.63, 3.8) is 0 Å². The van der Waals surface area contributed by atoms with Crippen molar-refractivity contribution in [2.75, 3.05) is 7.05 Å². The van der Waals surface area contributed by atoms with Crippen LogP contribution < -0.4 is 0 Å². The van der Waals surface area contributed by atoms with Gasteiger partial charge < -0.3 is 4.90 Å². The molecule has 1 heteroatoms. The van der Waals surface area contributed by atoms with E-state index in [-0.39, 0.29) is 0 Å². The van der Waals surface area contributed by atoms with Crippen LogP contribution in [0.1, 0.15) is 60.8 Å². The predicted molar refractivity (Wildman–Crippen MR) is 116 cm³/mol. The molecule has 0 amide bonds. The number of rotatable bonds is 7. The van der Waals surface area contributed by atoms with Gasteiger partial charge in [-0.15, -0.1) is 0 Å². The van der Waals surface area contributed by atoms with E-state index < -0.39 is 0 Å². The van der Waals surface area contributed by atoms with Gasteiger partial charge >= 0.3 is 0 Å². The summed E-state index contributed by atoms with van der Waals surface area (Å²) in [6, 6.07) is 0.341. The van der Waals surface area contributed by atoms with Gasteiger partial charge in [0.05, 0.1) is 0 Å². The van der Waals surface area contributed by atoms with Crippen LogP contribution in [0.4, 0.5) is 0 Å². The summed E-state index contributed by atoms with van der Waals surface area (Å²) in [5.74, 6) is 1.35. The smallest absolute Gasteiger partial charge is 0.0447 e. The first-order valence-electron chi connectivity index (χ1n) is 10.1. The lowest BCUT2D eigenvalue weighted by Gasteiger charge is -2.27. The first-order valence-corrected chi connectivity index (χ1v) is 10.1. The number of likely N-dealkylation sites (N-methyl/N-ethyl adjacent to an activating group) is 1. The molecule has 1 fully saturated rings. The zero-order chi connectivity index (χ0) is 19.4. The Labute approximate surface area is 161 Å². The van der Waals surface area contributed by atoms with E-state index in [4.69, 9.17) is 0 Å². The quantitative estimate of drug-likeness (QED) is 0.447. The van der Waals surface area contributed by atoms with E-state index in [0.29, 0.717) is 17.9 Å². The van der Waals surface area contributed by atoms with E-state index in [1.54, 1.807) is 0 Å². The maximum Gasteiger partial charge on any atom is 0.0447 e. The van der Waals surface area contributed by atoms with Gasteiger partial charge in [-0.3, -0.25) is 0 Å². The van der Waals surface area contributed by atoms with Crippen molar-refractivity contribution in [2.45, 2.75) is 66.8 Å². The number of hydrogen-bond acceptors (Lipinski definition) is 1. The number of hydrogen-bond donors (Lipinski definition) is 0. The van der Waals surface area contributed by atoms with Gasteiger partial charge in [-0.25, -0.2) is 0 Å². The van der Waals surface area contributed by atoms with Gasteiger partial charge in [0.2, 0.25) is 0 Å². The molecule has 0 N–H and O–H groups in total. The summed E-state index contributed by atoms with van der Waals surface area (Å²) in [4.78, 5) is 2.34. The van der Waals surface area contributed by atoms with Crippen molar-refractivity contribution in [1.29, 1.82) is 0 Å². The first kappa shape index (κ1) is 20.6. The average molecular weight is 352 g/mol. The van der Waals surface area contributed by atoms with Crippen LogP contribution in [0.25, 0.3) is 0 Å². The lowest BCUT2D eigenvalue weighted by molar-refractivity contribution is 0.355. The third-order valence-electron chi connectivity index (χ3n) is 6.16. The molecule has 2 atom stereocenters. The Hall–Kier alpha value is -1.76. The Kier molecular flexibility index (Phi) is 6.92. The molecule has 0 aromatic rings. The van der Waals surface area contributed by atoms with Crippen LogP contribution in [0.15, 0.2) is 70.5 Å². The Morgan fingerprint density at radius 2 is 1.96 bits per heavy atom. The Morgan fingerprint density at radius 3 is 2.54 bits per heavy atom. The summed E-state index contributed by atoms with van der Waals surface area (Å²) in [5, 5.41) is 0. The molecule has 2 aliphatic carbocycles. The van der Waals surface area contributed by atoms with Crippen LogP contribution in [-0.4, -0.2) is 18.0 Å². The molecule has 0 aromatic carbocycles. The third-order valence-corrected chi connectivity index (χ3v) is 6.16. The Bertz CT molecular complexity index is 692. The highest BCUT2D eigenvalue weighted by molar-refractivity contribution is 5.51. The molecule has 2 aliphatic rings. The lowest BCUT2D eigenvalue weighted by atomic mass is 9.85. The fourth-order valence-electron chi connectivity index (χ4n) is 3.51. The van der Waals surface area contributed by atoms with E-state index in [1.165, 1.54) is 46.4 Å². The fourth-order valence-corrected chi connectivity index (χ4v) is 3.51. The molecule has 0 aromatic heterocycles. The molecule has 0 spiro atoms. The van der Waals surface area contributed by atoms with E-state index in [0.717, 1.165) is 6.42 Å². The van der Waals surface area contributed by atoms with Gasteiger partial charge in [0.1, 0.15) is 0 Å². The molecule has 0 radical (unpaired) electrons. The van der Waals surface area contributed by atoms with Gasteiger partial charge in [-0.2, -0.15) is 0 Å². The molecule has 1 saturated carbocycles. The SMILES string of the molecule is C=C(C1CC1)N(C)C(C)/C=C(/C=C(\C)C1=C(C)C(C)CC=C1)C(\C)=C/C. The molecule has 1 nitrogen and oxygen atoms in total. The summed E-state index contributed by atoms with van der Waals surface area (Å²) in [7, 11) is 2.18. The van der Waals surface area contributed by atoms with Gasteiger partial charge in [-0.1, -0.05) is 49.5 Å². The van der Waals surface area contributed by atoms with Crippen molar-refractivity contribution in [3.05, 3.63) is 70.5 Å². The zero-order valence-corrected chi connectivity index (χ0v) is 17.9. The minimum absolute atomic E-state index is 0.341. The molecule has 0 aliphatic heterocycles. The second-order valence-electron chi connectivity index (χ2n) is 8.17. The highest BCUT2D eigenvalue weighted by atomic mass is 15.1. The monoisotopic (exact) mass is 351 g/mol. The summed E-state index contributed by atoms with van der Waals surface area (Å²) in [5.41, 5.74) is 8.20. The molecule has 0 bridgehead atoms. The van der Waals surface area contributed by atoms with E-state index in [9.17, 15) is 0 Å². The second kappa shape index (κ2) is 8.75. The van der Waals surface area contributed by atoms with Gasteiger partial charge in [-0.05, 0) is 88.0 Å². The number of nitrogens with zero attached hydrogens (tertiary/aromatic N) is 1. The van der Waals surface area contributed by atoms with Crippen LogP contribution >= 0.6 is 0 Å². The highest BCUT2D eigenvalue weighted by Gasteiger charge is 2.28. The maximum atomic E-state index is 4.31. The van der Waals surface area contributed by atoms with Crippen molar-refractivity contribution >= 4 is 0 Å². The predicted octanol–water partition coefficient (Wildman–Crippen LogP) is 6.98. The van der Waals surface area contributed by atoms with E-state index >= 15 is 0 Å². The summed E-state index contributed by atoms with van der Waals surface area (Å²) in [6.07, 6.45) is 15.3. The Balaban J connectivity index is 2.30. The topological polar surface area (TPSA) is 3.24 Å². The largest absolute Gasteiger partial charge is 0.372 e. The zero-order valence-electron chi connectivity index (χ0n) is 17.9. The van der Waals surface area contributed by atoms with Gasteiger partial charge in [0.25, 0.3) is 0 Å². The minimum atomic E-state index is 0.341. The van der Waals surface area contributed by atoms with Crippen LogP contribution in [0, 0.1) is 11.8 Å². The molecule has 0 heterocycles. The Morgan fingerprint density at radius 1 is 1.31 bits per heavy atom. The van der Waals surface area contributed by atoms with Crippen molar-refractivity contribution in [1.82, 2.24) is 4.90 Å². The third kappa shape index (κ3) is 4.90. The normalized spacial score (nSPS) is 23.3. The van der Waals surface area contributed by atoms with Crippen LogP contribution in [-0.2, 0) is 0 Å². The van der Waals surface area contributed by atoms with Crippen molar-refractivity contribution in [2.24, 2.45) is 11.8 Å². The van der Waals surface area contributed by atoms with Gasteiger partial charge in [0, 0.05) is 18.8 Å². The summed E-state index contributed by atoms with van der Waals surface area (Å²) < 4.78 is 0. The van der Waals surface area contributed by atoms with Crippen molar-refractivity contribution in [3.8, 4) is 0 Å². The standard InChI is InChI=1S/C25H37N/c1-9-17(2)24(16-20(5)26(8)22(7)23-13-14-23)15-19(4)25-12-10-11-18(3)21(25)6/h9-10,12,15-16,18,20,23H,7,11,13-14H2,1-6,8H3/b17-9-,19-15+,24-16-. The van der Waals surface area contributed by atoms with Crippen LogP contribution in [0.2, 0.25) is 0 Å². The van der Waals surface area contributed by atoms with Crippen molar-refractivity contribution < 1.29 is 0 Å². The van der Waals surface area contributed by atoms with Gasteiger partial charge in [0.15, 0.2) is 0 Å². The molecular formula is C25H37N. The fraction of sp³-hybridized carbons (Fsp3) is 0.520. The molecule has 26 heavy (non-hydrogen) atoms. The first-order chi connectivity index (χ1) is 12.3. The van der Waals surface area contributed by atoms with Crippen LogP contribution in [0.3, 0.4) is 0 Å². The molecule has 2 unspecified atom stereocenters. The summed E-state index contributed by atoms with van der Waals surface area (Å²) in [6.45, 7) is 17.8.